The predicted molar refractivity (Wildman–Crippen MR) is 96.9 cm³/mol. The largest absolute Gasteiger partial charge is 0.493 e. The molecule has 8 heteroatoms. The van der Waals surface area contributed by atoms with Crippen molar-refractivity contribution in [3.63, 3.8) is 0 Å². The van der Waals surface area contributed by atoms with Gasteiger partial charge in [0, 0.05) is 18.3 Å². The second kappa shape index (κ2) is 6.98. The van der Waals surface area contributed by atoms with Gasteiger partial charge in [0.05, 0.1) is 32.1 Å². The average Bonchev–Trinajstić information content (AvgIpc) is 2.87. The van der Waals surface area contributed by atoms with Gasteiger partial charge < -0.3 is 19.1 Å². The lowest BCUT2D eigenvalue weighted by molar-refractivity contribution is 0.0594. The Bertz CT molecular complexity index is 792. The van der Waals surface area contributed by atoms with E-state index in [1.165, 1.54) is 27.6 Å². The summed E-state index contributed by atoms with van der Waals surface area (Å²) in [6, 6.07) is 3.24. The van der Waals surface area contributed by atoms with E-state index in [2.05, 4.69) is 0 Å². The summed E-state index contributed by atoms with van der Waals surface area (Å²) < 4.78 is 40.0. The van der Waals surface area contributed by atoms with Crippen LogP contribution in [0.2, 0.25) is 0 Å². The van der Waals surface area contributed by atoms with Crippen molar-refractivity contribution in [2.24, 2.45) is 0 Å². The van der Waals surface area contributed by atoms with Crippen LogP contribution in [0.15, 0.2) is 12.1 Å². The molecule has 1 amide bonds. The molecule has 1 aromatic carbocycles. The quantitative estimate of drug-likeness (QED) is 0.772. The Morgan fingerprint density at radius 2 is 1.58 bits per heavy atom. The Morgan fingerprint density at radius 1 is 1.00 bits per heavy atom. The van der Waals surface area contributed by atoms with Crippen molar-refractivity contribution >= 4 is 15.7 Å². The second-order valence-corrected chi connectivity index (χ2v) is 9.23. The molecule has 7 nitrogen and oxygen atoms in total. The summed E-state index contributed by atoms with van der Waals surface area (Å²) in [5.41, 5.74) is 0.403. The summed E-state index contributed by atoms with van der Waals surface area (Å²) in [7, 11) is 1.41. The number of nitrogens with zero attached hydrogens (tertiary/aromatic N) is 1. The molecule has 0 aliphatic carbocycles. The number of carbonyl (C=O) groups is 1. The molecule has 26 heavy (non-hydrogen) atoms. The van der Waals surface area contributed by atoms with E-state index in [1.54, 1.807) is 12.1 Å². The Labute approximate surface area is 154 Å². The van der Waals surface area contributed by atoms with E-state index in [1.807, 2.05) is 4.90 Å². The summed E-state index contributed by atoms with van der Waals surface area (Å²) in [5.74, 6) is 1.04. The van der Waals surface area contributed by atoms with Gasteiger partial charge in [0.15, 0.2) is 11.5 Å². The van der Waals surface area contributed by atoms with Crippen LogP contribution in [0.25, 0.3) is 0 Å². The molecule has 3 rings (SSSR count). The summed E-state index contributed by atoms with van der Waals surface area (Å²) in [5, 5.41) is -0.364. The first-order valence-electron chi connectivity index (χ1n) is 8.62. The Morgan fingerprint density at radius 3 is 2.04 bits per heavy atom. The number of hydrogen-bond acceptors (Lipinski definition) is 6. The minimum Gasteiger partial charge on any atom is -0.493 e. The van der Waals surface area contributed by atoms with Crippen molar-refractivity contribution in [3.8, 4) is 17.2 Å². The fraction of sp³-hybridized carbons (Fsp3) is 0.611. The highest BCUT2D eigenvalue weighted by molar-refractivity contribution is 7.91. The molecule has 0 spiro atoms. The van der Waals surface area contributed by atoms with Crippen LogP contribution in [0.3, 0.4) is 0 Å². The maximum atomic E-state index is 13.3. The summed E-state index contributed by atoms with van der Waals surface area (Å²) in [4.78, 5) is 15.1. The Hall–Kier alpha value is -1.96. The topological polar surface area (TPSA) is 82.1 Å². The van der Waals surface area contributed by atoms with Crippen LogP contribution in [0.4, 0.5) is 0 Å². The standard InChI is InChI=1S/C18H25NO6S/c1-23-15-8-7-14(16(24-2)17(15)25-3)18(20)19-11-5-6-12(19)10-13(9-11)26(4,21)22/h7-8,11-13H,5-6,9-10H2,1-4H3. The molecule has 2 atom stereocenters. The van der Waals surface area contributed by atoms with E-state index < -0.39 is 9.84 Å². The summed E-state index contributed by atoms with van der Waals surface area (Å²) >= 11 is 0. The molecule has 2 unspecified atom stereocenters. The molecule has 2 heterocycles. The van der Waals surface area contributed by atoms with E-state index in [0.717, 1.165) is 12.8 Å². The zero-order chi connectivity index (χ0) is 19.1. The summed E-state index contributed by atoms with van der Waals surface area (Å²) in [6.45, 7) is 0. The average molecular weight is 383 g/mol. The van der Waals surface area contributed by atoms with Gasteiger partial charge in [0.25, 0.3) is 5.91 Å². The zero-order valence-electron chi connectivity index (χ0n) is 15.5. The molecule has 0 saturated carbocycles. The van der Waals surface area contributed by atoms with Crippen LogP contribution >= 0.6 is 0 Å². The summed E-state index contributed by atoms with van der Waals surface area (Å²) in [6.07, 6.45) is 3.94. The molecular weight excluding hydrogens is 358 g/mol. The number of benzene rings is 1. The fourth-order valence-electron chi connectivity index (χ4n) is 4.22. The van der Waals surface area contributed by atoms with Gasteiger partial charge in [-0.2, -0.15) is 0 Å². The monoisotopic (exact) mass is 383 g/mol. The van der Waals surface area contributed by atoms with Crippen molar-refractivity contribution in [3.05, 3.63) is 17.7 Å². The molecule has 2 fully saturated rings. The van der Waals surface area contributed by atoms with Crippen LogP contribution in [0.5, 0.6) is 17.2 Å². The number of hydrogen-bond donors (Lipinski definition) is 0. The number of piperidine rings is 1. The normalized spacial score (nSPS) is 25.1. The predicted octanol–water partition coefficient (Wildman–Crippen LogP) is 1.89. The third-order valence-electron chi connectivity index (χ3n) is 5.46. The van der Waals surface area contributed by atoms with Crippen LogP contribution in [-0.4, -0.2) is 64.1 Å². The smallest absolute Gasteiger partial charge is 0.258 e. The SMILES string of the molecule is COc1ccc(C(=O)N2C3CCC2CC(S(C)(=O)=O)C3)c(OC)c1OC. The van der Waals surface area contributed by atoms with Gasteiger partial charge in [0.2, 0.25) is 5.75 Å². The van der Waals surface area contributed by atoms with Crippen molar-refractivity contribution in [1.29, 1.82) is 0 Å². The van der Waals surface area contributed by atoms with E-state index in [-0.39, 0.29) is 23.2 Å². The number of fused-ring (bicyclic) bond motifs is 2. The Balaban J connectivity index is 1.94. The van der Waals surface area contributed by atoms with Crippen molar-refractivity contribution in [1.82, 2.24) is 4.90 Å². The molecule has 1 aromatic rings. The van der Waals surface area contributed by atoms with Crippen molar-refractivity contribution in [2.75, 3.05) is 27.6 Å². The lowest BCUT2D eigenvalue weighted by Crippen LogP contribution is -2.49. The van der Waals surface area contributed by atoms with Gasteiger partial charge in [-0.1, -0.05) is 0 Å². The van der Waals surface area contributed by atoms with Gasteiger partial charge in [-0.15, -0.1) is 0 Å². The fourth-order valence-corrected chi connectivity index (χ4v) is 5.36. The molecule has 2 aliphatic heterocycles. The number of amides is 1. The maximum Gasteiger partial charge on any atom is 0.258 e. The van der Waals surface area contributed by atoms with Gasteiger partial charge in [-0.3, -0.25) is 4.79 Å². The molecular formula is C18H25NO6S. The number of sulfone groups is 1. The van der Waals surface area contributed by atoms with Crippen LogP contribution in [0.1, 0.15) is 36.0 Å². The lowest BCUT2D eigenvalue weighted by Gasteiger charge is -2.38. The Kier molecular flexibility index (Phi) is 5.05. The van der Waals surface area contributed by atoms with Crippen molar-refractivity contribution in [2.45, 2.75) is 43.0 Å². The van der Waals surface area contributed by atoms with Crippen LogP contribution in [-0.2, 0) is 9.84 Å². The molecule has 0 radical (unpaired) electrons. The maximum absolute atomic E-state index is 13.3. The number of ether oxygens (including phenoxy) is 3. The first-order chi connectivity index (χ1) is 12.3. The molecule has 0 aromatic heterocycles. The first-order valence-corrected chi connectivity index (χ1v) is 10.6. The third-order valence-corrected chi connectivity index (χ3v) is 7.06. The molecule has 2 aliphatic rings. The molecule has 2 bridgehead atoms. The van der Waals surface area contributed by atoms with Gasteiger partial charge >= 0.3 is 0 Å². The van der Waals surface area contributed by atoms with E-state index in [4.69, 9.17) is 14.2 Å². The van der Waals surface area contributed by atoms with E-state index in [9.17, 15) is 13.2 Å². The van der Waals surface area contributed by atoms with E-state index >= 15 is 0 Å². The number of rotatable bonds is 5. The van der Waals surface area contributed by atoms with Gasteiger partial charge in [0.1, 0.15) is 9.84 Å². The zero-order valence-corrected chi connectivity index (χ0v) is 16.3. The van der Waals surface area contributed by atoms with E-state index in [0.29, 0.717) is 35.7 Å². The van der Waals surface area contributed by atoms with Crippen molar-refractivity contribution < 1.29 is 27.4 Å². The highest BCUT2D eigenvalue weighted by atomic mass is 32.2. The van der Waals surface area contributed by atoms with Crippen LogP contribution in [0, 0.1) is 0 Å². The van der Waals surface area contributed by atoms with Gasteiger partial charge in [-0.05, 0) is 37.8 Å². The highest BCUT2D eigenvalue weighted by Gasteiger charge is 2.46. The van der Waals surface area contributed by atoms with Gasteiger partial charge in [-0.25, -0.2) is 8.42 Å². The number of methoxy groups -OCH3 is 3. The number of carbonyl (C=O) groups excluding carboxylic acids is 1. The third kappa shape index (κ3) is 3.11. The molecule has 2 saturated heterocycles. The minimum atomic E-state index is -3.10. The molecule has 144 valence electrons. The second-order valence-electron chi connectivity index (χ2n) is 6.90. The van der Waals surface area contributed by atoms with Crippen LogP contribution < -0.4 is 14.2 Å². The first kappa shape index (κ1) is 18.8. The lowest BCUT2D eigenvalue weighted by atomic mass is 10.00. The minimum absolute atomic E-state index is 0.0567. The highest BCUT2D eigenvalue weighted by Crippen LogP contribution is 2.43. The molecule has 0 N–H and O–H groups in total.